The van der Waals surface area contributed by atoms with Crippen molar-refractivity contribution < 1.29 is 29.3 Å². The van der Waals surface area contributed by atoms with Gasteiger partial charge in [-0.25, -0.2) is 0 Å². The van der Waals surface area contributed by atoms with Crippen LogP contribution in [-0.2, 0) is 19.1 Å². The molecule has 0 saturated carbocycles. The van der Waals surface area contributed by atoms with Crippen molar-refractivity contribution in [1.29, 1.82) is 0 Å². The number of likely N-dealkylation sites (tertiary alicyclic amines) is 2. The Morgan fingerprint density at radius 2 is 0.984 bits per heavy atom. The lowest BCUT2D eigenvalue weighted by Gasteiger charge is -2.31. The van der Waals surface area contributed by atoms with Gasteiger partial charge in [0, 0.05) is 104 Å². The Morgan fingerprint density at radius 3 is 1.35 bits per heavy atom. The van der Waals surface area contributed by atoms with E-state index in [1.165, 1.54) is 11.8 Å². The zero-order valence-corrected chi connectivity index (χ0v) is 40.0. The van der Waals surface area contributed by atoms with E-state index >= 15 is 0 Å². The van der Waals surface area contributed by atoms with E-state index in [1.54, 1.807) is 48.6 Å². The van der Waals surface area contributed by atoms with Gasteiger partial charge in [-0.15, -0.1) is 0 Å². The fourth-order valence-electron chi connectivity index (χ4n) is 7.88. The van der Waals surface area contributed by atoms with E-state index in [1.807, 2.05) is 46.2 Å². The number of amides is 2. The Balaban J connectivity index is 1.25. The number of hydrogen-bond acceptors (Lipinski definition) is 7. The van der Waals surface area contributed by atoms with Crippen LogP contribution < -0.4 is 0 Å². The summed E-state index contributed by atoms with van der Waals surface area (Å²) >= 11 is 42.3. The molecule has 2 aliphatic heterocycles. The van der Waals surface area contributed by atoms with E-state index < -0.39 is 0 Å². The summed E-state index contributed by atoms with van der Waals surface area (Å²) < 4.78 is 10.9. The standard InChI is InChI=1S/C48H50Cl6N2O6S/c49-35-5-7-37(39(51)29-35)45-33(3-11-43(59)55-19-13-31(14-20-55)17-25-61-27-23-57)1-9-41(47(45)53)63-42-10-2-34(46(48(42)54)38-8-6-36(50)30-40(38)52)4-12-44(60)56-21-15-32(16-22-56)18-26-62-28-24-58/h1-12,29-32,57-58H,13-28H2. The molecule has 2 fully saturated rings. The average Bonchev–Trinajstić information content (AvgIpc) is 3.27. The van der Waals surface area contributed by atoms with Gasteiger partial charge in [-0.1, -0.05) is 106 Å². The van der Waals surface area contributed by atoms with Crippen LogP contribution >= 0.6 is 81.4 Å². The molecule has 0 radical (unpaired) electrons. The summed E-state index contributed by atoms with van der Waals surface area (Å²) in [5, 5.41) is 20.5. The molecule has 2 aliphatic rings. The molecule has 2 heterocycles. The maximum atomic E-state index is 13.5. The molecule has 0 bridgehead atoms. The molecule has 0 spiro atoms. The average molecular weight is 996 g/mol. The van der Waals surface area contributed by atoms with Gasteiger partial charge in [0.15, 0.2) is 0 Å². The summed E-state index contributed by atoms with van der Waals surface area (Å²) in [5.74, 6) is 0.756. The van der Waals surface area contributed by atoms with Crippen LogP contribution in [0.5, 0.6) is 0 Å². The van der Waals surface area contributed by atoms with E-state index in [0.29, 0.717) is 138 Å². The lowest BCUT2D eigenvalue weighted by Crippen LogP contribution is -2.37. The molecule has 0 unspecified atom stereocenters. The Morgan fingerprint density at radius 1 is 0.587 bits per heavy atom. The third kappa shape index (κ3) is 13.6. The highest BCUT2D eigenvalue weighted by Gasteiger charge is 2.25. The minimum Gasteiger partial charge on any atom is -0.394 e. The molecule has 2 amide bonds. The Hall–Kier alpha value is -2.77. The molecule has 8 nitrogen and oxygen atoms in total. The molecule has 4 aromatic carbocycles. The molecule has 2 N–H and O–H groups in total. The first kappa shape index (κ1) is 49.7. The van der Waals surface area contributed by atoms with E-state index in [0.717, 1.165) is 38.5 Å². The van der Waals surface area contributed by atoms with Gasteiger partial charge in [-0.05, 0) is 110 Å². The first-order valence-electron chi connectivity index (χ1n) is 21.0. The molecule has 63 heavy (non-hydrogen) atoms. The van der Waals surface area contributed by atoms with Crippen LogP contribution in [0.25, 0.3) is 34.4 Å². The number of ether oxygens (including phenoxy) is 2. The van der Waals surface area contributed by atoms with E-state index in [9.17, 15) is 9.59 Å². The lowest BCUT2D eigenvalue weighted by atomic mass is 9.94. The number of carbonyl (C=O) groups is 2. The number of hydrogen-bond donors (Lipinski definition) is 2. The highest BCUT2D eigenvalue weighted by molar-refractivity contribution is 7.99. The monoisotopic (exact) mass is 992 g/mol. The van der Waals surface area contributed by atoms with Crippen LogP contribution in [0.15, 0.2) is 82.6 Å². The number of piperidine rings is 2. The lowest BCUT2D eigenvalue weighted by molar-refractivity contribution is -0.128. The predicted molar refractivity (Wildman–Crippen MR) is 260 cm³/mol. The van der Waals surface area contributed by atoms with Crippen LogP contribution in [0.3, 0.4) is 0 Å². The first-order valence-corrected chi connectivity index (χ1v) is 24.1. The second-order valence-corrected chi connectivity index (χ2v) is 19.0. The minimum atomic E-state index is -0.0925. The van der Waals surface area contributed by atoms with Gasteiger partial charge in [-0.2, -0.15) is 0 Å². The second-order valence-electron chi connectivity index (χ2n) is 15.5. The van der Waals surface area contributed by atoms with E-state index in [4.69, 9.17) is 89.3 Å². The number of halogens is 6. The number of aliphatic hydroxyl groups excluding tert-OH is 2. The molecule has 2 saturated heterocycles. The Bertz CT molecular complexity index is 2120. The van der Waals surface area contributed by atoms with E-state index in [-0.39, 0.29) is 25.0 Å². The summed E-state index contributed by atoms with van der Waals surface area (Å²) in [7, 11) is 0. The maximum absolute atomic E-state index is 13.5. The van der Waals surface area contributed by atoms with Crippen LogP contribution in [0.4, 0.5) is 0 Å². The number of benzene rings is 4. The van der Waals surface area contributed by atoms with Gasteiger partial charge >= 0.3 is 0 Å². The van der Waals surface area contributed by atoms with Crippen molar-refractivity contribution in [2.75, 3.05) is 65.8 Å². The van der Waals surface area contributed by atoms with Gasteiger partial charge in [0.1, 0.15) is 0 Å². The molecule has 4 aromatic rings. The molecule has 0 atom stereocenters. The zero-order chi connectivity index (χ0) is 44.9. The third-order valence-electron chi connectivity index (χ3n) is 11.4. The van der Waals surface area contributed by atoms with Crippen molar-refractivity contribution in [2.45, 2.75) is 48.3 Å². The Kier molecular flexibility index (Phi) is 19.4. The molecule has 15 heteroatoms. The third-order valence-corrected chi connectivity index (χ3v) is 14.6. The second kappa shape index (κ2) is 24.7. The van der Waals surface area contributed by atoms with Crippen LogP contribution in [0.2, 0.25) is 30.1 Å². The van der Waals surface area contributed by atoms with Gasteiger partial charge < -0.3 is 29.5 Å². The molecular formula is C48H50Cl6N2O6S. The zero-order valence-electron chi connectivity index (χ0n) is 34.6. The topological polar surface area (TPSA) is 99.5 Å². The van der Waals surface area contributed by atoms with Crippen molar-refractivity contribution >= 4 is 105 Å². The smallest absolute Gasteiger partial charge is 0.246 e. The van der Waals surface area contributed by atoms with Gasteiger partial charge in [0.2, 0.25) is 11.8 Å². The van der Waals surface area contributed by atoms with Gasteiger partial charge in [0.05, 0.1) is 36.5 Å². The number of rotatable bonds is 18. The summed E-state index contributed by atoms with van der Waals surface area (Å²) in [6.07, 6.45) is 12.1. The van der Waals surface area contributed by atoms with Gasteiger partial charge in [-0.3, -0.25) is 9.59 Å². The van der Waals surface area contributed by atoms with Crippen molar-refractivity contribution in [1.82, 2.24) is 9.80 Å². The largest absolute Gasteiger partial charge is 0.394 e. The van der Waals surface area contributed by atoms with Crippen LogP contribution in [0.1, 0.15) is 49.7 Å². The van der Waals surface area contributed by atoms with Crippen molar-refractivity contribution in [3.63, 3.8) is 0 Å². The number of aliphatic hydroxyl groups is 2. The van der Waals surface area contributed by atoms with E-state index in [2.05, 4.69) is 0 Å². The first-order chi connectivity index (χ1) is 30.5. The van der Waals surface area contributed by atoms with Gasteiger partial charge in [0.25, 0.3) is 0 Å². The summed E-state index contributed by atoms with van der Waals surface area (Å²) in [4.78, 5) is 32.0. The summed E-state index contributed by atoms with van der Waals surface area (Å²) in [5.41, 5.74) is 3.93. The summed E-state index contributed by atoms with van der Waals surface area (Å²) in [6, 6.07) is 18.0. The number of carbonyl (C=O) groups excluding carboxylic acids is 2. The Labute approximate surface area is 404 Å². The highest BCUT2D eigenvalue weighted by Crippen LogP contribution is 2.48. The predicted octanol–water partition coefficient (Wildman–Crippen LogP) is 12.4. The minimum absolute atomic E-state index is 0.0120. The van der Waals surface area contributed by atoms with Crippen LogP contribution in [0, 0.1) is 11.8 Å². The summed E-state index contributed by atoms with van der Waals surface area (Å²) in [6.45, 7) is 4.51. The van der Waals surface area contributed by atoms with Crippen molar-refractivity contribution in [3.8, 4) is 22.3 Å². The maximum Gasteiger partial charge on any atom is 0.246 e. The molecular weight excluding hydrogens is 945 g/mol. The molecule has 336 valence electrons. The van der Waals surface area contributed by atoms with Crippen molar-refractivity contribution in [2.24, 2.45) is 11.8 Å². The fraction of sp³-hybridized carbons (Fsp3) is 0.375. The van der Waals surface area contributed by atoms with Crippen LogP contribution in [-0.4, -0.2) is 97.6 Å². The fourth-order valence-corrected chi connectivity index (χ4v) is 10.6. The number of nitrogens with zero attached hydrogens (tertiary/aromatic N) is 2. The highest BCUT2D eigenvalue weighted by atomic mass is 35.5. The SMILES string of the molecule is O=C(C=Cc1ccc(Sc2ccc(C=CC(=O)N3CCC(CCOCCO)CC3)c(-c3ccc(Cl)cc3Cl)c2Cl)c(Cl)c1-c1ccc(Cl)cc1Cl)N1CCC(CCOCCO)CC1. The molecule has 0 aliphatic carbocycles. The molecule has 6 rings (SSSR count). The molecule has 0 aromatic heterocycles. The quantitative estimate of drug-likeness (QED) is 0.0757. The normalized spacial score (nSPS) is 15.3. The van der Waals surface area contributed by atoms with Crippen molar-refractivity contribution in [3.05, 3.63) is 114 Å².